The molecule has 0 saturated heterocycles. The maximum absolute atomic E-state index is 4.45. The summed E-state index contributed by atoms with van der Waals surface area (Å²) in [7, 11) is 0. The molecular weight excluding hydrogens is 266 g/mol. The summed E-state index contributed by atoms with van der Waals surface area (Å²) in [5.74, 6) is 0. The molecule has 0 bridgehead atoms. The van der Waals surface area contributed by atoms with Crippen LogP contribution >= 0.6 is 11.8 Å². The van der Waals surface area contributed by atoms with Crippen molar-refractivity contribution in [2.45, 2.75) is 49.3 Å². The van der Waals surface area contributed by atoms with Crippen molar-refractivity contribution in [3.05, 3.63) is 47.3 Å². The lowest BCUT2D eigenvalue weighted by Crippen LogP contribution is -2.15. The van der Waals surface area contributed by atoms with Gasteiger partial charge < -0.3 is 5.32 Å². The summed E-state index contributed by atoms with van der Waals surface area (Å²) in [5.41, 5.74) is 3.72. The van der Waals surface area contributed by atoms with Crippen LogP contribution in [0.5, 0.6) is 0 Å². The molecule has 0 amide bonds. The lowest BCUT2D eigenvalue weighted by molar-refractivity contribution is 0.680. The molecule has 1 fully saturated rings. The Hall–Kier alpha value is -1.39. The topological polar surface area (TPSA) is 37.8 Å². The van der Waals surface area contributed by atoms with Crippen molar-refractivity contribution in [3.8, 4) is 0 Å². The number of hydrogen-bond donors (Lipinski definition) is 1. The van der Waals surface area contributed by atoms with Gasteiger partial charge in [-0.1, -0.05) is 17.7 Å². The number of aromatic nitrogens is 2. The van der Waals surface area contributed by atoms with Crippen LogP contribution in [0, 0.1) is 13.8 Å². The highest BCUT2D eigenvalue weighted by Gasteiger charge is 2.19. The van der Waals surface area contributed by atoms with Crippen molar-refractivity contribution >= 4 is 11.8 Å². The largest absolute Gasteiger partial charge is 0.310 e. The molecule has 2 aromatic rings. The molecule has 1 heterocycles. The number of hydrogen-bond acceptors (Lipinski definition) is 4. The van der Waals surface area contributed by atoms with E-state index in [-0.39, 0.29) is 0 Å². The highest BCUT2D eigenvalue weighted by molar-refractivity contribution is 7.99. The fourth-order valence-corrected chi connectivity index (χ4v) is 2.81. The van der Waals surface area contributed by atoms with E-state index >= 15 is 0 Å². The number of benzene rings is 1. The van der Waals surface area contributed by atoms with Crippen molar-refractivity contribution in [1.29, 1.82) is 0 Å². The number of nitrogens with zero attached hydrogens (tertiary/aromatic N) is 2. The Morgan fingerprint density at radius 3 is 2.60 bits per heavy atom. The maximum Gasteiger partial charge on any atom is 0.192 e. The van der Waals surface area contributed by atoms with Crippen LogP contribution in [-0.2, 0) is 6.54 Å². The first-order valence-electron chi connectivity index (χ1n) is 7.00. The van der Waals surface area contributed by atoms with Crippen LogP contribution in [0.15, 0.2) is 40.6 Å². The van der Waals surface area contributed by atoms with E-state index in [0.717, 1.165) is 23.3 Å². The van der Waals surface area contributed by atoms with E-state index < -0.39 is 0 Å². The Morgan fingerprint density at radius 1 is 1.20 bits per heavy atom. The van der Waals surface area contributed by atoms with Gasteiger partial charge in [0.15, 0.2) is 5.16 Å². The average Bonchev–Trinajstić information content (AvgIpc) is 3.25. The second-order valence-corrected chi connectivity index (χ2v) is 6.41. The van der Waals surface area contributed by atoms with Crippen molar-refractivity contribution in [2.24, 2.45) is 0 Å². The van der Waals surface area contributed by atoms with Crippen LogP contribution in [0.1, 0.15) is 29.5 Å². The van der Waals surface area contributed by atoms with Gasteiger partial charge in [-0.25, -0.2) is 9.97 Å². The van der Waals surface area contributed by atoms with E-state index in [9.17, 15) is 0 Å². The van der Waals surface area contributed by atoms with Gasteiger partial charge in [-0.2, -0.15) is 0 Å². The zero-order chi connectivity index (χ0) is 13.9. The molecule has 3 rings (SSSR count). The Labute approximate surface area is 124 Å². The van der Waals surface area contributed by atoms with E-state index in [1.807, 2.05) is 12.4 Å². The monoisotopic (exact) mass is 285 g/mol. The molecule has 1 aliphatic rings. The van der Waals surface area contributed by atoms with E-state index in [2.05, 4.69) is 47.3 Å². The number of nitrogens with one attached hydrogen (secondary N) is 1. The van der Waals surface area contributed by atoms with Crippen LogP contribution in [0.25, 0.3) is 0 Å². The van der Waals surface area contributed by atoms with Crippen LogP contribution < -0.4 is 5.32 Å². The molecule has 1 saturated carbocycles. The van der Waals surface area contributed by atoms with Crippen molar-refractivity contribution < 1.29 is 0 Å². The van der Waals surface area contributed by atoms with Crippen molar-refractivity contribution in [1.82, 2.24) is 15.3 Å². The lowest BCUT2D eigenvalue weighted by Gasteiger charge is -2.06. The molecule has 0 aliphatic heterocycles. The lowest BCUT2D eigenvalue weighted by atomic mass is 10.2. The Bertz CT molecular complexity index is 591. The quantitative estimate of drug-likeness (QED) is 0.853. The minimum atomic E-state index is 0.722. The summed E-state index contributed by atoms with van der Waals surface area (Å²) in [4.78, 5) is 10.1. The Kier molecular flexibility index (Phi) is 4.03. The standard InChI is InChI=1S/C16H19N3S/c1-11-3-6-15(12(2)7-11)20-16-18-9-13(10-19-16)8-17-14-4-5-14/h3,6-7,9-10,14,17H,4-5,8H2,1-2H3. The molecule has 0 unspecified atom stereocenters. The van der Waals surface area contributed by atoms with E-state index in [4.69, 9.17) is 0 Å². The summed E-state index contributed by atoms with van der Waals surface area (Å²) >= 11 is 1.63. The van der Waals surface area contributed by atoms with Gasteiger partial charge in [-0.3, -0.25) is 0 Å². The zero-order valence-corrected chi connectivity index (χ0v) is 12.7. The minimum Gasteiger partial charge on any atom is -0.310 e. The summed E-state index contributed by atoms with van der Waals surface area (Å²) in [6.45, 7) is 5.11. The van der Waals surface area contributed by atoms with Crippen LogP contribution in [0.3, 0.4) is 0 Å². The molecule has 1 aromatic carbocycles. The van der Waals surface area contributed by atoms with Crippen molar-refractivity contribution in [3.63, 3.8) is 0 Å². The fraction of sp³-hybridized carbons (Fsp3) is 0.375. The first-order valence-corrected chi connectivity index (χ1v) is 7.82. The molecule has 0 radical (unpaired) electrons. The molecular formula is C16H19N3S. The van der Waals surface area contributed by atoms with E-state index in [0.29, 0.717) is 0 Å². The summed E-state index contributed by atoms with van der Waals surface area (Å²) in [6, 6.07) is 7.18. The third-order valence-corrected chi connectivity index (χ3v) is 4.46. The maximum atomic E-state index is 4.45. The third-order valence-electron chi connectivity index (χ3n) is 3.39. The van der Waals surface area contributed by atoms with Gasteiger partial charge in [-0.05, 0) is 50.1 Å². The molecule has 1 aromatic heterocycles. The molecule has 4 heteroatoms. The summed E-state index contributed by atoms with van der Waals surface area (Å²) in [5, 5.41) is 4.28. The second-order valence-electron chi connectivity index (χ2n) is 5.40. The van der Waals surface area contributed by atoms with Crippen LogP contribution in [0.4, 0.5) is 0 Å². The van der Waals surface area contributed by atoms with Gasteiger partial charge in [0.25, 0.3) is 0 Å². The van der Waals surface area contributed by atoms with Gasteiger partial charge in [0.05, 0.1) is 0 Å². The number of rotatable bonds is 5. The smallest absolute Gasteiger partial charge is 0.192 e. The normalized spacial score (nSPS) is 14.5. The fourth-order valence-electron chi connectivity index (χ4n) is 2.05. The SMILES string of the molecule is Cc1ccc(Sc2ncc(CNC3CC3)cn2)c(C)c1. The van der Waals surface area contributed by atoms with E-state index in [1.165, 1.54) is 28.9 Å². The Balaban J connectivity index is 1.64. The summed E-state index contributed by atoms with van der Waals surface area (Å²) in [6.07, 6.45) is 6.46. The third kappa shape index (κ3) is 3.58. The van der Waals surface area contributed by atoms with Gasteiger partial charge in [0, 0.05) is 35.4 Å². The molecule has 0 atom stereocenters. The molecule has 104 valence electrons. The van der Waals surface area contributed by atoms with E-state index in [1.54, 1.807) is 11.8 Å². The molecule has 0 spiro atoms. The number of aryl methyl sites for hydroxylation is 2. The van der Waals surface area contributed by atoms with Gasteiger partial charge in [0.2, 0.25) is 0 Å². The molecule has 20 heavy (non-hydrogen) atoms. The first-order chi connectivity index (χ1) is 9.70. The zero-order valence-electron chi connectivity index (χ0n) is 11.9. The summed E-state index contributed by atoms with van der Waals surface area (Å²) < 4.78 is 0. The average molecular weight is 285 g/mol. The highest BCUT2D eigenvalue weighted by Crippen LogP contribution is 2.28. The van der Waals surface area contributed by atoms with Crippen LogP contribution in [0.2, 0.25) is 0 Å². The molecule has 1 N–H and O–H groups in total. The van der Waals surface area contributed by atoms with Gasteiger partial charge >= 0.3 is 0 Å². The molecule has 1 aliphatic carbocycles. The van der Waals surface area contributed by atoms with Crippen LogP contribution in [-0.4, -0.2) is 16.0 Å². The predicted molar refractivity (Wildman–Crippen MR) is 81.9 cm³/mol. The Morgan fingerprint density at radius 2 is 1.95 bits per heavy atom. The molecule has 3 nitrogen and oxygen atoms in total. The minimum absolute atomic E-state index is 0.722. The van der Waals surface area contributed by atoms with Crippen molar-refractivity contribution in [2.75, 3.05) is 0 Å². The predicted octanol–water partition coefficient (Wildman–Crippen LogP) is 3.50. The second kappa shape index (κ2) is 5.94. The highest BCUT2D eigenvalue weighted by atomic mass is 32.2. The van der Waals surface area contributed by atoms with Gasteiger partial charge in [-0.15, -0.1) is 0 Å². The van der Waals surface area contributed by atoms with Gasteiger partial charge in [0.1, 0.15) is 0 Å². The first kappa shape index (κ1) is 13.6.